The van der Waals surface area contributed by atoms with E-state index in [9.17, 15) is 18.3 Å². The molecule has 0 radical (unpaired) electrons. The van der Waals surface area contributed by atoms with Crippen molar-refractivity contribution in [2.45, 2.75) is 26.1 Å². The minimum atomic E-state index is -4.38. The molecule has 0 saturated carbocycles. The summed E-state index contributed by atoms with van der Waals surface area (Å²) in [5.74, 6) is 0.333. The van der Waals surface area contributed by atoms with Gasteiger partial charge < -0.3 is 9.84 Å². The third-order valence-corrected chi connectivity index (χ3v) is 3.47. The highest BCUT2D eigenvalue weighted by molar-refractivity contribution is 5.56. The summed E-state index contributed by atoms with van der Waals surface area (Å²) in [7, 11) is 1.56. The maximum Gasteiger partial charge on any atom is 0.416 e. The first-order chi connectivity index (χ1) is 10.9. The number of hydrogen-bond acceptors (Lipinski definition) is 4. The van der Waals surface area contributed by atoms with Crippen molar-refractivity contribution in [3.8, 4) is 11.4 Å². The van der Waals surface area contributed by atoms with E-state index in [1.165, 1.54) is 12.1 Å². The quantitative estimate of drug-likeness (QED) is 0.917. The van der Waals surface area contributed by atoms with Crippen LogP contribution in [0.1, 0.15) is 22.5 Å². The molecule has 0 aliphatic rings. The van der Waals surface area contributed by atoms with Crippen LogP contribution in [-0.4, -0.2) is 28.8 Å². The third-order valence-electron chi connectivity index (χ3n) is 3.47. The van der Waals surface area contributed by atoms with Gasteiger partial charge in [0.25, 0.3) is 0 Å². The number of halogens is 3. The zero-order valence-corrected chi connectivity index (χ0v) is 12.8. The molecule has 7 heteroatoms. The summed E-state index contributed by atoms with van der Waals surface area (Å²) >= 11 is 0. The molecule has 4 nitrogen and oxygen atoms in total. The summed E-state index contributed by atoms with van der Waals surface area (Å²) in [6, 6.07) is 4.69. The Morgan fingerprint density at radius 1 is 1.13 bits per heavy atom. The fraction of sp³-hybridized carbons (Fsp3) is 0.375. The van der Waals surface area contributed by atoms with Crippen LogP contribution in [0.2, 0.25) is 0 Å². The molecule has 2 rings (SSSR count). The second-order valence-electron chi connectivity index (χ2n) is 5.03. The van der Waals surface area contributed by atoms with Gasteiger partial charge in [-0.1, -0.05) is 12.1 Å². The molecule has 1 aromatic carbocycles. The molecule has 124 valence electrons. The zero-order valence-electron chi connectivity index (χ0n) is 12.8. The van der Waals surface area contributed by atoms with E-state index in [1.54, 1.807) is 14.0 Å². The van der Waals surface area contributed by atoms with Crippen LogP contribution in [0.4, 0.5) is 13.2 Å². The van der Waals surface area contributed by atoms with E-state index in [2.05, 4.69) is 9.97 Å². The van der Waals surface area contributed by atoms with Crippen molar-refractivity contribution in [1.82, 2.24) is 9.97 Å². The van der Waals surface area contributed by atoms with E-state index in [4.69, 9.17) is 4.74 Å². The standard InChI is InChI=1S/C16H17F3N2O2/c1-10-13(9-22)14(7-8-23-2)21-15(20-10)11-3-5-12(6-4-11)16(17,18)19/h3-6,22H,7-9H2,1-2H3. The van der Waals surface area contributed by atoms with Crippen molar-refractivity contribution in [2.24, 2.45) is 0 Å². The van der Waals surface area contributed by atoms with Crippen molar-refractivity contribution in [1.29, 1.82) is 0 Å². The number of rotatable bonds is 5. The predicted molar refractivity (Wildman–Crippen MR) is 78.7 cm³/mol. The summed E-state index contributed by atoms with van der Waals surface area (Å²) in [5, 5.41) is 9.44. The second-order valence-corrected chi connectivity index (χ2v) is 5.03. The fourth-order valence-corrected chi connectivity index (χ4v) is 2.20. The van der Waals surface area contributed by atoms with Crippen LogP contribution in [-0.2, 0) is 23.9 Å². The van der Waals surface area contributed by atoms with E-state index in [-0.39, 0.29) is 6.61 Å². The van der Waals surface area contributed by atoms with Gasteiger partial charge in [-0.2, -0.15) is 13.2 Å². The molecule has 1 N–H and O–H groups in total. The van der Waals surface area contributed by atoms with Crippen molar-refractivity contribution in [2.75, 3.05) is 13.7 Å². The molecule has 0 unspecified atom stereocenters. The Kier molecular flexibility index (Phi) is 5.33. The van der Waals surface area contributed by atoms with Gasteiger partial charge in [0, 0.05) is 30.4 Å². The number of alkyl halides is 3. The van der Waals surface area contributed by atoms with Gasteiger partial charge in [-0.15, -0.1) is 0 Å². The first-order valence-electron chi connectivity index (χ1n) is 7.00. The van der Waals surface area contributed by atoms with Crippen LogP contribution >= 0.6 is 0 Å². The van der Waals surface area contributed by atoms with Gasteiger partial charge >= 0.3 is 6.18 Å². The Labute approximate surface area is 132 Å². The molecule has 0 amide bonds. The topological polar surface area (TPSA) is 55.2 Å². The highest BCUT2D eigenvalue weighted by atomic mass is 19.4. The number of aryl methyl sites for hydroxylation is 1. The maximum absolute atomic E-state index is 12.6. The van der Waals surface area contributed by atoms with Gasteiger partial charge in [-0.3, -0.25) is 0 Å². The summed E-state index contributed by atoms with van der Waals surface area (Å²) in [6.45, 7) is 1.96. The van der Waals surface area contributed by atoms with Gasteiger partial charge in [0.2, 0.25) is 0 Å². The van der Waals surface area contributed by atoms with E-state index in [1.807, 2.05) is 0 Å². The molecule has 23 heavy (non-hydrogen) atoms. The highest BCUT2D eigenvalue weighted by Crippen LogP contribution is 2.30. The molecule has 2 aromatic rings. The molecule has 0 fully saturated rings. The first kappa shape index (κ1) is 17.4. The highest BCUT2D eigenvalue weighted by Gasteiger charge is 2.30. The molecule has 0 aliphatic carbocycles. The van der Waals surface area contributed by atoms with Crippen molar-refractivity contribution < 1.29 is 23.0 Å². The second kappa shape index (κ2) is 7.06. The number of aliphatic hydroxyl groups is 1. The summed E-state index contributed by atoms with van der Waals surface area (Å²) in [6.07, 6.45) is -3.89. The Morgan fingerprint density at radius 2 is 1.78 bits per heavy atom. The number of ether oxygens (including phenoxy) is 1. The van der Waals surface area contributed by atoms with Crippen LogP contribution in [0.15, 0.2) is 24.3 Å². The lowest BCUT2D eigenvalue weighted by molar-refractivity contribution is -0.137. The van der Waals surface area contributed by atoms with Gasteiger partial charge in [0.15, 0.2) is 5.82 Å². The molecule has 0 spiro atoms. The molecule has 0 aliphatic heterocycles. The van der Waals surface area contributed by atoms with Gasteiger partial charge in [0.05, 0.1) is 24.5 Å². The molecular formula is C16H17F3N2O2. The molecule has 0 atom stereocenters. The fourth-order valence-electron chi connectivity index (χ4n) is 2.20. The van der Waals surface area contributed by atoms with E-state index < -0.39 is 11.7 Å². The lowest BCUT2D eigenvalue weighted by Gasteiger charge is -2.12. The zero-order chi connectivity index (χ0) is 17.0. The Morgan fingerprint density at radius 3 is 2.30 bits per heavy atom. The van der Waals surface area contributed by atoms with Gasteiger partial charge in [0.1, 0.15) is 0 Å². The molecule has 0 bridgehead atoms. The minimum Gasteiger partial charge on any atom is -0.392 e. The van der Waals surface area contributed by atoms with Crippen molar-refractivity contribution in [3.05, 3.63) is 46.8 Å². The first-order valence-corrected chi connectivity index (χ1v) is 7.00. The maximum atomic E-state index is 12.6. The largest absolute Gasteiger partial charge is 0.416 e. The molecular weight excluding hydrogens is 309 g/mol. The molecule has 0 saturated heterocycles. The Balaban J connectivity index is 2.41. The van der Waals surface area contributed by atoms with Crippen molar-refractivity contribution >= 4 is 0 Å². The summed E-state index contributed by atoms with van der Waals surface area (Å²) in [4.78, 5) is 8.65. The number of aromatic nitrogens is 2. The number of hydrogen-bond donors (Lipinski definition) is 1. The number of nitrogens with zero attached hydrogens (tertiary/aromatic N) is 2. The third kappa shape index (κ3) is 4.05. The SMILES string of the molecule is COCCc1nc(-c2ccc(C(F)(F)F)cc2)nc(C)c1CO. The summed E-state index contributed by atoms with van der Waals surface area (Å²) < 4.78 is 42.9. The molecule has 1 aromatic heterocycles. The normalized spacial score (nSPS) is 11.7. The number of aliphatic hydroxyl groups excluding tert-OH is 1. The van der Waals surface area contributed by atoms with Gasteiger partial charge in [-0.05, 0) is 19.1 Å². The average Bonchev–Trinajstić information content (AvgIpc) is 2.51. The van der Waals surface area contributed by atoms with Crippen molar-refractivity contribution in [3.63, 3.8) is 0 Å². The lowest BCUT2D eigenvalue weighted by Crippen LogP contribution is -2.09. The van der Waals surface area contributed by atoms with E-state index in [0.717, 1.165) is 12.1 Å². The van der Waals surface area contributed by atoms with E-state index in [0.29, 0.717) is 41.4 Å². The minimum absolute atomic E-state index is 0.196. The number of methoxy groups -OCH3 is 1. The van der Waals surface area contributed by atoms with Crippen LogP contribution < -0.4 is 0 Å². The lowest BCUT2D eigenvalue weighted by atomic mass is 10.1. The van der Waals surface area contributed by atoms with Crippen LogP contribution in [0.3, 0.4) is 0 Å². The average molecular weight is 326 g/mol. The van der Waals surface area contributed by atoms with Gasteiger partial charge in [-0.25, -0.2) is 9.97 Å². The Bertz CT molecular complexity index is 670. The predicted octanol–water partition coefficient (Wildman–Crippen LogP) is 3.15. The Hall–Kier alpha value is -1.99. The number of benzene rings is 1. The van der Waals surface area contributed by atoms with Crippen LogP contribution in [0, 0.1) is 6.92 Å². The molecule has 1 heterocycles. The van der Waals surface area contributed by atoms with Crippen LogP contribution in [0.5, 0.6) is 0 Å². The smallest absolute Gasteiger partial charge is 0.392 e. The van der Waals surface area contributed by atoms with E-state index >= 15 is 0 Å². The van der Waals surface area contributed by atoms with Crippen LogP contribution in [0.25, 0.3) is 11.4 Å². The summed E-state index contributed by atoms with van der Waals surface area (Å²) in [5.41, 5.74) is 1.63. The monoisotopic (exact) mass is 326 g/mol.